The first-order valence-electron chi connectivity index (χ1n) is 19.5. The Morgan fingerprint density at radius 1 is 0.831 bits per heavy atom. The molecule has 3 atom stereocenters. The van der Waals surface area contributed by atoms with Gasteiger partial charge >= 0.3 is 18.0 Å². The van der Waals surface area contributed by atoms with Gasteiger partial charge in [0.2, 0.25) is 17.7 Å². The molecular formula is C45H50N4O9S. The maximum atomic E-state index is 14.4. The average molecular weight is 823 g/mol. The molecule has 2 N–H and O–H groups in total. The van der Waals surface area contributed by atoms with Gasteiger partial charge in [0.05, 0.1) is 6.42 Å². The molecule has 0 spiro atoms. The van der Waals surface area contributed by atoms with Crippen LogP contribution < -0.4 is 10.6 Å². The first kappa shape index (κ1) is 42.7. The number of thioether (sulfide) groups is 1. The van der Waals surface area contributed by atoms with E-state index in [9.17, 15) is 28.8 Å². The van der Waals surface area contributed by atoms with Crippen LogP contribution in [0, 0.1) is 0 Å². The fraction of sp³-hybridized carbons (Fsp3) is 0.378. The summed E-state index contributed by atoms with van der Waals surface area (Å²) in [5.41, 5.74) is 2.38. The molecule has 2 fully saturated rings. The van der Waals surface area contributed by atoms with Gasteiger partial charge in [-0.2, -0.15) is 0 Å². The molecule has 13 nitrogen and oxygen atoms in total. The van der Waals surface area contributed by atoms with Gasteiger partial charge in [0.1, 0.15) is 22.6 Å². The molecule has 0 saturated carbocycles. The zero-order valence-corrected chi connectivity index (χ0v) is 34.9. The molecule has 6 rings (SSSR count). The number of alkyl carbamates (subject to hydrolysis) is 1. The van der Waals surface area contributed by atoms with Crippen molar-refractivity contribution in [2.75, 3.05) is 11.9 Å². The Morgan fingerprint density at radius 2 is 1.44 bits per heavy atom. The monoisotopic (exact) mass is 822 g/mol. The number of fused-ring (bicyclic) bond motifs is 1. The van der Waals surface area contributed by atoms with Gasteiger partial charge < -0.3 is 34.6 Å². The Hall–Kier alpha value is -5.89. The third-order valence-corrected chi connectivity index (χ3v) is 10.7. The highest BCUT2D eigenvalue weighted by atomic mass is 32.2. The van der Waals surface area contributed by atoms with Gasteiger partial charge in [-0.25, -0.2) is 9.59 Å². The number of hydrogen-bond donors (Lipinski definition) is 2. The highest BCUT2D eigenvalue weighted by molar-refractivity contribution is 8.03. The van der Waals surface area contributed by atoms with Gasteiger partial charge in [-0.3, -0.25) is 19.2 Å². The van der Waals surface area contributed by atoms with Gasteiger partial charge in [-0.1, -0.05) is 72.8 Å². The van der Waals surface area contributed by atoms with E-state index >= 15 is 0 Å². The van der Waals surface area contributed by atoms with Crippen molar-refractivity contribution >= 4 is 53.2 Å². The Labute approximate surface area is 348 Å². The number of carbonyl (C=O) groups excluding carboxylic acids is 6. The summed E-state index contributed by atoms with van der Waals surface area (Å²) < 4.78 is 16.9. The number of likely N-dealkylation sites (tertiary alicyclic amines) is 1. The maximum Gasteiger partial charge on any atom is 0.408 e. The van der Waals surface area contributed by atoms with Gasteiger partial charge in [0.15, 0.2) is 12.1 Å². The predicted molar refractivity (Wildman–Crippen MR) is 222 cm³/mol. The van der Waals surface area contributed by atoms with Gasteiger partial charge in [-0.05, 0) is 93.8 Å². The number of amides is 4. The summed E-state index contributed by atoms with van der Waals surface area (Å²) in [6.07, 6.45) is 0.513. The molecule has 59 heavy (non-hydrogen) atoms. The quantitative estimate of drug-likeness (QED) is 0.0861. The lowest BCUT2D eigenvalue weighted by Gasteiger charge is -2.51. The summed E-state index contributed by atoms with van der Waals surface area (Å²) in [5.74, 6) is -2.13. The standard InChI is InChI=1S/C45H50N4O9S/c1-44(2,3)57-35(51)22-21-34(50)46-33-19-17-28(18-20-33)26-48-24-23-31(39(48)52)25-32-27-59-41-36(47-43(55)58-45(4,5)6)40(53)49(41)37(32)42(54)56-38(29-13-9-7-10-14-29)30-15-11-8-12-16-30/h7-20,25,27,36-38,41H,21-24,26H2,1-6H3,(H,46,50)(H,47,55)/b31-25+/t36-,37-,41-/m1/s1. The number of nitrogens with one attached hydrogen (secondary N) is 2. The Bertz CT molecular complexity index is 2090. The van der Waals surface area contributed by atoms with Crippen LogP contribution in [0.15, 0.2) is 108 Å². The highest BCUT2D eigenvalue weighted by Gasteiger charge is 2.56. The van der Waals surface area contributed by atoms with Crippen LogP contribution in [0.3, 0.4) is 0 Å². The largest absolute Gasteiger partial charge is 0.460 e. The van der Waals surface area contributed by atoms with Crippen LogP contribution in [0.25, 0.3) is 0 Å². The van der Waals surface area contributed by atoms with Crippen LogP contribution >= 0.6 is 11.8 Å². The van der Waals surface area contributed by atoms with Gasteiger partial charge in [0.25, 0.3) is 0 Å². The summed E-state index contributed by atoms with van der Waals surface area (Å²) >= 11 is 1.27. The van der Waals surface area contributed by atoms with Crippen LogP contribution in [0.5, 0.6) is 0 Å². The number of nitrogens with zero attached hydrogens (tertiary/aromatic N) is 2. The van der Waals surface area contributed by atoms with Crippen LogP contribution in [-0.2, 0) is 44.7 Å². The molecule has 0 unspecified atom stereocenters. The molecule has 3 aromatic carbocycles. The number of anilines is 1. The Kier molecular flexibility index (Phi) is 13.0. The molecule has 14 heteroatoms. The molecule has 310 valence electrons. The first-order chi connectivity index (χ1) is 28.0. The number of rotatable bonds is 12. The molecule has 3 aliphatic heterocycles. The molecule has 3 heterocycles. The summed E-state index contributed by atoms with van der Waals surface area (Å²) in [6, 6.07) is 23.6. The normalized spacial score (nSPS) is 19.7. The summed E-state index contributed by atoms with van der Waals surface area (Å²) in [7, 11) is 0. The number of hydrogen-bond acceptors (Lipinski definition) is 10. The maximum absolute atomic E-state index is 14.4. The molecule has 0 aliphatic carbocycles. The SMILES string of the molecule is CC(C)(C)OC(=O)CCC(=O)Nc1ccc(CN2CC/C(=C\C3=CS[C@@H]4[C@H](NC(=O)OC(C)(C)C)C(=O)N4[C@H]3C(=O)OC(c3ccccc3)c3ccccc3)C2=O)cc1. The Morgan fingerprint density at radius 3 is 2.03 bits per heavy atom. The topological polar surface area (TPSA) is 161 Å². The molecule has 2 saturated heterocycles. The molecule has 0 aromatic heterocycles. The number of ether oxygens (including phenoxy) is 3. The number of esters is 2. The van der Waals surface area contributed by atoms with E-state index in [-0.39, 0.29) is 24.7 Å². The minimum absolute atomic E-state index is 0.0155. The van der Waals surface area contributed by atoms with Crippen molar-refractivity contribution in [1.82, 2.24) is 15.1 Å². The summed E-state index contributed by atoms with van der Waals surface area (Å²) in [4.78, 5) is 82.3. The average Bonchev–Trinajstić information content (AvgIpc) is 3.52. The van der Waals surface area contributed by atoms with Crippen molar-refractivity contribution in [2.24, 2.45) is 0 Å². The van der Waals surface area contributed by atoms with Crippen molar-refractivity contribution in [1.29, 1.82) is 0 Å². The minimum atomic E-state index is -1.19. The van der Waals surface area contributed by atoms with E-state index in [0.29, 0.717) is 36.3 Å². The molecule has 0 radical (unpaired) electrons. The fourth-order valence-electron chi connectivity index (χ4n) is 6.87. The third kappa shape index (κ3) is 11.0. The number of β-lactam (4-membered cyclic amide) rings is 1. The lowest BCUT2D eigenvalue weighted by molar-refractivity contribution is -0.164. The van der Waals surface area contributed by atoms with Gasteiger partial charge in [0, 0.05) is 30.8 Å². The van der Waals surface area contributed by atoms with Crippen molar-refractivity contribution in [3.63, 3.8) is 0 Å². The van der Waals surface area contributed by atoms with Crippen molar-refractivity contribution < 1.29 is 43.0 Å². The second-order valence-corrected chi connectivity index (χ2v) is 17.5. The molecule has 3 aromatic rings. The Balaban J connectivity index is 1.17. The van der Waals surface area contributed by atoms with Crippen molar-refractivity contribution in [3.05, 3.63) is 124 Å². The molecule has 4 amide bonds. The first-order valence-corrected chi connectivity index (χ1v) is 20.5. The molecule has 3 aliphatic rings. The van der Waals surface area contributed by atoms with Crippen LogP contribution in [-0.4, -0.2) is 80.8 Å². The van der Waals surface area contributed by atoms with E-state index in [2.05, 4.69) is 10.6 Å². The van der Waals surface area contributed by atoms with Crippen LogP contribution in [0.4, 0.5) is 10.5 Å². The van der Waals surface area contributed by atoms with Crippen molar-refractivity contribution in [3.8, 4) is 0 Å². The summed E-state index contributed by atoms with van der Waals surface area (Å²) in [6.45, 7) is 11.2. The second-order valence-electron chi connectivity index (χ2n) is 16.5. The van der Waals surface area contributed by atoms with Gasteiger partial charge in [-0.15, -0.1) is 11.8 Å². The van der Waals surface area contributed by atoms with E-state index in [1.54, 1.807) is 70.1 Å². The van der Waals surface area contributed by atoms with Crippen LogP contribution in [0.2, 0.25) is 0 Å². The van der Waals surface area contributed by atoms with E-state index in [1.807, 2.05) is 72.8 Å². The highest BCUT2D eigenvalue weighted by Crippen LogP contribution is 2.42. The van der Waals surface area contributed by atoms with E-state index in [1.165, 1.54) is 16.7 Å². The zero-order valence-electron chi connectivity index (χ0n) is 34.1. The lowest BCUT2D eigenvalue weighted by Crippen LogP contribution is -2.74. The lowest BCUT2D eigenvalue weighted by atomic mass is 9.95. The van der Waals surface area contributed by atoms with E-state index < -0.39 is 58.7 Å². The van der Waals surface area contributed by atoms with Crippen molar-refractivity contribution in [2.45, 2.75) is 102 Å². The minimum Gasteiger partial charge on any atom is -0.460 e. The zero-order chi connectivity index (χ0) is 42.5. The van der Waals surface area contributed by atoms with E-state index in [0.717, 1.165) is 16.7 Å². The molecular weight excluding hydrogens is 773 g/mol. The third-order valence-electron chi connectivity index (χ3n) is 9.49. The van der Waals surface area contributed by atoms with E-state index in [4.69, 9.17) is 14.2 Å². The number of carbonyl (C=O) groups is 6. The smallest absolute Gasteiger partial charge is 0.408 e. The van der Waals surface area contributed by atoms with Crippen LogP contribution in [0.1, 0.15) is 83.6 Å². The predicted octanol–water partition coefficient (Wildman–Crippen LogP) is 6.80. The second kappa shape index (κ2) is 17.9. The fourth-order valence-corrected chi connectivity index (χ4v) is 8.06. The number of benzene rings is 3. The summed E-state index contributed by atoms with van der Waals surface area (Å²) in [5, 5.41) is 6.58. The molecule has 0 bridgehead atoms.